The molecule has 9 heteroatoms. The van der Waals surface area contributed by atoms with Crippen LogP contribution in [-0.2, 0) is 16.1 Å². The summed E-state index contributed by atoms with van der Waals surface area (Å²) in [6.45, 7) is 1.95. The lowest BCUT2D eigenvalue weighted by atomic mass is 10.2. The Morgan fingerprint density at radius 3 is 2.61 bits per heavy atom. The number of methoxy groups -OCH3 is 1. The molecule has 2 amide bonds. The molecular formula is C22H17NO6S2. The van der Waals surface area contributed by atoms with E-state index in [0.717, 1.165) is 21.6 Å². The molecule has 0 unspecified atom stereocenters. The van der Waals surface area contributed by atoms with Crippen molar-refractivity contribution in [1.82, 2.24) is 4.90 Å². The summed E-state index contributed by atoms with van der Waals surface area (Å²) in [6, 6.07) is 14.6. The van der Waals surface area contributed by atoms with Crippen molar-refractivity contribution in [2.45, 2.75) is 23.5 Å². The molecule has 158 valence electrons. The third kappa shape index (κ3) is 4.78. The number of rotatable bonds is 6. The van der Waals surface area contributed by atoms with E-state index in [4.69, 9.17) is 8.83 Å². The Bertz CT molecular complexity index is 1170. The van der Waals surface area contributed by atoms with Crippen LogP contribution in [0.5, 0.6) is 0 Å². The van der Waals surface area contributed by atoms with Crippen LogP contribution in [0.2, 0.25) is 0 Å². The van der Waals surface area contributed by atoms with Gasteiger partial charge in [0.25, 0.3) is 11.1 Å². The molecular weight excluding hydrogens is 438 g/mol. The minimum Gasteiger partial charge on any atom is -0.463 e. The summed E-state index contributed by atoms with van der Waals surface area (Å²) < 4.78 is 15.7. The topological polar surface area (TPSA) is 90.0 Å². The van der Waals surface area contributed by atoms with E-state index in [-0.39, 0.29) is 17.2 Å². The number of benzene rings is 1. The molecule has 3 aromatic rings. The minimum atomic E-state index is -0.627. The molecule has 4 rings (SSSR count). The average Bonchev–Trinajstić information content (AvgIpc) is 3.47. The van der Waals surface area contributed by atoms with Gasteiger partial charge >= 0.3 is 5.97 Å². The number of carbonyl (C=O) groups is 3. The molecule has 7 nitrogen and oxygen atoms in total. The van der Waals surface area contributed by atoms with E-state index >= 15 is 0 Å². The largest absolute Gasteiger partial charge is 0.463 e. The zero-order chi connectivity index (χ0) is 22.0. The molecule has 0 aliphatic carbocycles. The highest BCUT2D eigenvalue weighted by molar-refractivity contribution is 8.18. The van der Waals surface area contributed by atoms with Crippen molar-refractivity contribution >= 4 is 46.7 Å². The SMILES string of the molecule is COC(=O)c1ccc(CN2C(=O)SC(=Cc3ccc(Sc4ccc(C)cc4)o3)C2=O)o1. The second-order valence-electron chi connectivity index (χ2n) is 6.60. The number of ether oxygens (including phenoxy) is 1. The third-order valence-electron chi connectivity index (χ3n) is 4.35. The van der Waals surface area contributed by atoms with E-state index in [9.17, 15) is 14.4 Å². The average molecular weight is 456 g/mol. The molecule has 1 aliphatic rings. The van der Waals surface area contributed by atoms with E-state index in [1.807, 2.05) is 37.3 Å². The van der Waals surface area contributed by atoms with Gasteiger partial charge in [0, 0.05) is 11.0 Å². The lowest BCUT2D eigenvalue weighted by Crippen LogP contribution is -2.27. The fourth-order valence-electron chi connectivity index (χ4n) is 2.78. The Morgan fingerprint density at radius 2 is 1.87 bits per heavy atom. The maximum Gasteiger partial charge on any atom is 0.373 e. The van der Waals surface area contributed by atoms with Gasteiger partial charge in [-0.2, -0.15) is 0 Å². The summed E-state index contributed by atoms with van der Waals surface area (Å²) in [5, 5.41) is 0.258. The fraction of sp³-hybridized carbons (Fsp3) is 0.136. The molecule has 2 aromatic heterocycles. The molecule has 1 saturated heterocycles. The number of amides is 2. The zero-order valence-electron chi connectivity index (χ0n) is 16.6. The van der Waals surface area contributed by atoms with Crippen molar-refractivity contribution in [1.29, 1.82) is 0 Å². The van der Waals surface area contributed by atoms with Gasteiger partial charge < -0.3 is 13.6 Å². The Kier molecular flexibility index (Phi) is 6.06. The molecule has 0 atom stereocenters. The summed E-state index contributed by atoms with van der Waals surface area (Å²) in [5.74, 6) is -0.286. The van der Waals surface area contributed by atoms with Crippen LogP contribution in [0.4, 0.5) is 4.79 Å². The molecule has 0 N–H and O–H groups in total. The summed E-state index contributed by atoms with van der Waals surface area (Å²) in [6.07, 6.45) is 1.55. The van der Waals surface area contributed by atoms with Gasteiger partial charge in [-0.1, -0.05) is 29.5 Å². The second-order valence-corrected chi connectivity index (χ2v) is 8.67. The van der Waals surface area contributed by atoms with Gasteiger partial charge in [-0.15, -0.1) is 0 Å². The molecule has 0 radical (unpaired) electrons. The van der Waals surface area contributed by atoms with E-state index in [1.165, 1.54) is 36.6 Å². The first-order chi connectivity index (χ1) is 14.9. The summed E-state index contributed by atoms with van der Waals surface area (Å²) in [5.41, 5.74) is 1.18. The van der Waals surface area contributed by atoms with Crippen LogP contribution in [0.15, 0.2) is 72.3 Å². The number of esters is 1. The standard InChI is InChI=1S/C22H17NO6S2/c1-13-3-7-16(8-4-13)30-19-10-6-14(29-19)11-18-20(24)23(22(26)31-18)12-15-5-9-17(28-15)21(25)27-2/h3-11H,12H2,1-2H3. The molecule has 1 aliphatic heterocycles. The first-order valence-electron chi connectivity index (χ1n) is 9.19. The van der Waals surface area contributed by atoms with Crippen LogP contribution in [-0.4, -0.2) is 29.1 Å². The zero-order valence-corrected chi connectivity index (χ0v) is 18.2. The maximum atomic E-state index is 12.7. The number of hydrogen-bond acceptors (Lipinski definition) is 8. The molecule has 0 spiro atoms. The Labute approximate surface area is 186 Å². The molecule has 0 saturated carbocycles. The van der Waals surface area contributed by atoms with Gasteiger partial charge in [0.15, 0.2) is 5.09 Å². The summed E-state index contributed by atoms with van der Waals surface area (Å²) >= 11 is 2.30. The van der Waals surface area contributed by atoms with E-state index in [1.54, 1.807) is 12.1 Å². The van der Waals surface area contributed by atoms with Crippen molar-refractivity contribution in [3.63, 3.8) is 0 Å². The number of carbonyl (C=O) groups excluding carboxylic acids is 3. The van der Waals surface area contributed by atoms with Crippen LogP contribution in [0.25, 0.3) is 6.08 Å². The second kappa shape index (κ2) is 8.91. The third-order valence-corrected chi connectivity index (χ3v) is 6.19. The first-order valence-corrected chi connectivity index (χ1v) is 10.8. The minimum absolute atomic E-state index is 0.00852. The number of hydrogen-bond donors (Lipinski definition) is 0. The highest BCUT2D eigenvalue weighted by atomic mass is 32.2. The molecule has 31 heavy (non-hydrogen) atoms. The van der Waals surface area contributed by atoms with E-state index < -0.39 is 17.1 Å². The van der Waals surface area contributed by atoms with Crippen LogP contribution in [0.1, 0.15) is 27.6 Å². The highest BCUT2D eigenvalue weighted by Crippen LogP contribution is 2.35. The van der Waals surface area contributed by atoms with Crippen molar-refractivity contribution < 1.29 is 28.0 Å². The lowest BCUT2D eigenvalue weighted by molar-refractivity contribution is -0.123. The van der Waals surface area contributed by atoms with Gasteiger partial charge in [-0.05, 0) is 55.1 Å². The van der Waals surface area contributed by atoms with Crippen LogP contribution in [0, 0.1) is 6.92 Å². The van der Waals surface area contributed by atoms with Crippen LogP contribution >= 0.6 is 23.5 Å². The van der Waals surface area contributed by atoms with Gasteiger partial charge in [0.05, 0.1) is 18.6 Å². The summed E-state index contributed by atoms with van der Waals surface area (Å²) in [7, 11) is 1.24. The highest BCUT2D eigenvalue weighted by Gasteiger charge is 2.36. The smallest absolute Gasteiger partial charge is 0.373 e. The maximum absolute atomic E-state index is 12.7. The number of imide groups is 1. The fourth-order valence-corrected chi connectivity index (χ4v) is 4.38. The predicted octanol–water partition coefficient (Wildman–Crippen LogP) is 5.36. The van der Waals surface area contributed by atoms with Gasteiger partial charge in [-0.3, -0.25) is 14.5 Å². The predicted molar refractivity (Wildman–Crippen MR) is 116 cm³/mol. The van der Waals surface area contributed by atoms with Crippen molar-refractivity contribution in [3.05, 3.63) is 76.3 Å². The Balaban J connectivity index is 1.44. The van der Waals surface area contributed by atoms with Crippen molar-refractivity contribution in [2.24, 2.45) is 0 Å². The Morgan fingerprint density at radius 1 is 1.10 bits per heavy atom. The van der Waals surface area contributed by atoms with Gasteiger partial charge in [0.2, 0.25) is 5.76 Å². The number of furan rings is 2. The molecule has 3 heterocycles. The van der Waals surface area contributed by atoms with Crippen LogP contribution in [0.3, 0.4) is 0 Å². The van der Waals surface area contributed by atoms with Gasteiger partial charge in [-0.25, -0.2) is 4.79 Å². The van der Waals surface area contributed by atoms with Crippen molar-refractivity contribution in [2.75, 3.05) is 7.11 Å². The van der Waals surface area contributed by atoms with Crippen molar-refractivity contribution in [3.8, 4) is 0 Å². The van der Waals surface area contributed by atoms with E-state index in [2.05, 4.69) is 4.74 Å². The number of nitrogens with zero attached hydrogens (tertiary/aromatic N) is 1. The first kappa shape index (κ1) is 21.1. The molecule has 1 aromatic carbocycles. The number of aryl methyl sites for hydroxylation is 1. The van der Waals surface area contributed by atoms with Gasteiger partial charge in [0.1, 0.15) is 11.5 Å². The monoisotopic (exact) mass is 455 g/mol. The normalized spacial score (nSPS) is 15.2. The quantitative estimate of drug-likeness (QED) is 0.363. The summed E-state index contributed by atoms with van der Waals surface area (Å²) in [4.78, 5) is 38.8. The molecule has 0 bridgehead atoms. The Hall–Kier alpha value is -3.17. The van der Waals surface area contributed by atoms with Crippen LogP contribution < -0.4 is 0 Å². The molecule has 1 fully saturated rings. The lowest BCUT2D eigenvalue weighted by Gasteiger charge is -2.09. The number of thioether (sulfide) groups is 1. The van der Waals surface area contributed by atoms with E-state index in [0.29, 0.717) is 16.6 Å².